The van der Waals surface area contributed by atoms with Crippen LogP contribution in [0, 0.1) is 5.92 Å². The third-order valence-electron chi connectivity index (χ3n) is 8.03. The Labute approximate surface area is 224 Å². The molecule has 0 bridgehead atoms. The number of rotatable bonds is 10. The highest BCUT2D eigenvalue weighted by Crippen LogP contribution is 2.30. The van der Waals surface area contributed by atoms with Crippen LogP contribution >= 0.6 is 11.6 Å². The fraction of sp³-hybridized carbons (Fsp3) is 0.552. The Bertz CT molecular complexity index is 1300. The molecule has 2 aromatic heterocycles. The summed E-state index contributed by atoms with van der Waals surface area (Å²) < 4.78 is 3.80. The first-order valence-corrected chi connectivity index (χ1v) is 14.2. The van der Waals surface area contributed by atoms with Crippen molar-refractivity contribution in [1.82, 2.24) is 18.9 Å². The Balaban J connectivity index is 1.47. The van der Waals surface area contributed by atoms with Crippen molar-refractivity contribution in [3.05, 3.63) is 51.9 Å². The SMILES string of the molecule is CCCCCn1c(N2CCC[C@H]2C(=O)CCC2CCN(C)C2)cc(=O)n2cc(-c3ccc(Cl)cc3)nc12. The third-order valence-corrected chi connectivity index (χ3v) is 8.28. The molecule has 7 nitrogen and oxygen atoms in total. The van der Waals surface area contributed by atoms with Crippen LogP contribution in [0.1, 0.15) is 58.3 Å². The van der Waals surface area contributed by atoms with E-state index >= 15 is 0 Å². The van der Waals surface area contributed by atoms with Crippen LogP contribution in [0.2, 0.25) is 5.02 Å². The van der Waals surface area contributed by atoms with Crippen molar-refractivity contribution in [2.75, 3.05) is 31.6 Å². The second-order valence-electron chi connectivity index (χ2n) is 10.8. The van der Waals surface area contributed by atoms with Crippen LogP contribution in [0.4, 0.5) is 5.82 Å². The number of imidazole rings is 1. The molecule has 2 aliphatic heterocycles. The topological polar surface area (TPSA) is 62.9 Å². The van der Waals surface area contributed by atoms with E-state index in [4.69, 9.17) is 16.6 Å². The smallest absolute Gasteiger partial charge is 0.261 e. The molecule has 2 fully saturated rings. The summed E-state index contributed by atoms with van der Waals surface area (Å²) in [5.41, 5.74) is 1.54. The van der Waals surface area contributed by atoms with Gasteiger partial charge in [-0.15, -0.1) is 0 Å². The van der Waals surface area contributed by atoms with E-state index in [2.05, 4.69) is 28.3 Å². The summed E-state index contributed by atoms with van der Waals surface area (Å²) in [6, 6.07) is 9.07. The molecule has 198 valence electrons. The number of nitrogens with zero attached hydrogens (tertiary/aromatic N) is 5. The lowest BCUT2D eigenvalue weighted by atomic mass is 9.97. The highest BCUT2D eigenvalue weighted by atomic mass is 35.5. The van der Waals surface area contributed by atoms with Crippen molar-refractivity contribution >= 4 is 29.0 Å². The van der Waals surface area contributed by atoms with Gasteiger partial charge < -0.3 is 9.80 Å². The van der Waals surface area contributed by atoms with Crippen LogP contribution in [-0.4, -0.2) is 57.4 Å². The second kappa shape index (κ2) is 11.4. The minimum Gasteiger partial charge on any atom is -0.348 e. The Morgan fingerprint density at radius 3 is 2.68 bits per heavy atom. The molecule has 2 saturated heterocycles. The average molecular weight is 524 g/mol. The zero-order chi connectivity index (χ0) is 25.9. The van der Waals surface area contributed by atoms with E-state index in [1.807, 2.05) is 30.5 Å². The summed E-state index contributed by atoms with van der Waals surface area (Å²) >= 11 is 6.08. The van der Waals surface area contributed by atoms with E-state index in [9.17, 15) is 9.59 Å². The number of anilines is 1. The largest absolute Gasteiger partial charge is 0.348 e. The molecule has 1 unspecified atom stereocenters. The molecule has 0 aliphatic carbocycles. The molecular weight excluding hydrogens is 486 g/mol. The van der Waals surface area contributed by atoms with Crippen LogP contribution in [-0.2, 0) is 11.3 Å². The van der Waals surface area contributed by atoms with E-state index < -0.39 is 0 Å². The molecule has 4 heterocycles. The van der Waals surface area contributed by atoms with Crippen molar-refractivity contribution in [3.63, 3.8) is 0 Å². The third kappa shape index (κ3) is 5.63. The molecule has 0 saturated carbocycles. The van der Waals surface area contributed by atoms with E-state index in [0.29, 0.717) is 28.9 Å². The summed E-state index contributed by atoms with van der Waals surface area (Å²) in [4.78, 5) is 36.2. The van der Waals surface area contributed by atoms with Gasteiger partial charge in [0, 0.05) is 48.9 Å². The summed E-state index contributed by atoms with van der Waals surface area (Å²) in [6.45, 7) is 5.95. The van der Waals surface area contributed by atoms with Crippen molar-refractivity contribution in [1.29, 1.82) is 0 Å². The van der Waals surface area contributed by atoms with Crippen molar-refractivity contribution < 1.29 is 4.79 Å². The van der Waals surface area contributed by atoms with Gasteiger partial charge in [-0.05, 0) is 63.7 Å². The highest BCUT2D eigenvalue weighted by Gasteiger charge is 2.33. The molecule has 5 rings (SSSR count). The summed E-state index contributed by atoms with van der Waals surface area (Å²) in [7, 11) is 2.16. The van der Waals surface area contributed by atoms with Crippen LogP contribution in [0.5, 0.6) is 0 Å². The number of hydrogen-bond acceptors (Lipinski definition) is 5. The van der Waals surface area contributed by atoms with Gasteiger partial charge in [0.05, 0.1) is 11.7 Å². The number of aromatic nitrogens is 3. The van der Waals surface area contributed by atoms with E-state index in [1.165, 1.54) is 6.42 Å². The van der Waals surface area contributed by atoms with Crippen LogP contribution in [0.25, 0.3) is 17.0 Å². The number of likely N-dealkylation sites (tertiary alicyclic amines) is 1. The van der Waals surface area contributed by atoms with E-state index in [1.54, 1.807) is 10.5 Å². The fourth-order valence-electron chi connectivity index (χ4n) is 5.97. The Morgan fingerprint density at radius 1 is 1.14 bits per heavy atom. The molecule has 0 amide bonds. The minimum absolute atomic E-state index is 0.114. The summed E-state index contributed by atoms with van der Waals surface area (Å²) in [5.74, 6) is 2.39. The molecule has 2 atom stereocenters. The quantitative estimate of drug-likeness (QED) is 0.338. The lowest BCUT2D eigenvalue weighted by Gasteiger charge is -2.29. The number of halogens is 1. The van der Waals surface area contributed by atoms with Crippen LogP contribution in [0.15, 0.2) is 41.3 Å². The maximum Gasteiger partial charge on any atom is 0.261 e. The molecule has 1 aromatic carbocycles. The van der Waals surface area contributed by atoms with Gasteiger partial charge in [0.25, 0.3) is 5.56 Å². The zero-order valence-corrected chi connectivity index (χ0v) is 22.8. The fourth-order valence-corrected chi connectivity index (χ4v) is 6.09. The first kappa shape index (κ1) is 26.0. The molecule has 3 aromatic rings. The van der Waals surface area contributed by atoms with Gasteiger partial charge in [0.15, 0.2) is 5.78 Å². The highest BCUT2D eigenvalue weighted by molar-refractivity contribution is 6.30. The van der Waals surface area contributed by atoms with Gasteiger partial charge in [0.1, 0.15) is 5.82 Å². The average Bonchev–Trinajstić information content (AvgIpc) is 3.64. The molecule has 37 heavy (non-hydrogen) atoms. The van der Waals surface area contributed by atoms with E-state index in [-0.39, 0.29) is 11.6 Å². The first-order valence-electron chi connectivity index (χ1n) is 13.8. The first-order chi connectivity index (χ1) is 17.9. The standard InChI is InChI=1S/C29H38ClN5O2/c1-3-4-5-15-34-27(33-16-6-7-25(33)26(36)13-8-21-14-17-32(2)19-21)18-28(37)35-20-24(31-29(34)35)22-9-11-23(30)12-10-22/h9-12,18,20-21,25H,3-8,13-17,19H2,1-2H3/t21?,25-/m0/s1. The number of carbonyl (C=O) groups excluding carboxylic acids is 1. The normalized spacial score (nSPS) is 20.4. The number of benzene rings is 1. The number of aryl methyl sites for hydroxylation is 1. The van der Waals surface area contributed by atoms with E-state index in [0.717, 1.165) is 81.8 Å². The van der Waals surface area contributed by atoms with Gasteiger partial charge in [-0.1, -0.05) is 43.5 Å². The Morgan fingerprint density at radius 2 is 1.95 bits per heavy atom. The molecule has 0 radical (unpaired) electrons. The summed E-state index contributed by atoms with van der Waals surface area (Å²) in [5, 5.41) is 0.665. The van der Waals surface area contributed by atoms with Gasteiger partial charge in [-0.2, -0.15) is 0 Å². The van der Waals surface area contributed by atoms with Gasteiger partial charge >= 0.3 is 0 Å². The molecule has 0 spiro atoms. The predicted octanol–water partition coefficient (Wildman–Crippen LogP) is 5.28. The monoisotopic (exact) mass is 523 g/mol. The maximum absolute atomic E-state index is 13.4. The number of carbonyl (C=O) groups is 1. The predicted molar refractivity (Wildman–Crippen MR) is 150 cm³/mol. The molecule has 8 heteroatoms. The Hall–Kier alpha value is -2.64. The van der Waals surface area contributed by atoms with Gasteiger partial charge in [-0.25, -0.2) is 4.98 Å². The van der Waals surface area contributed by atoms with Gasteiger partial charge in [-0.3, -0.25) is 18.6 Å². The molecule has 0 N–H and O–H groups in total. The number of unbranched alkanes of at least 4 members (excludes halogenated alkanes) is 2. The number of hydrogen-bond donors (Lipinski definition) is 0. The van der Waals surface area contributed by atoms with Crippen molar-refractivity contribution in [2.45, 2.75) is 70.9 Å². The Kier molecular flexibility index (Phi) is 8.01. The van der Waals surface area contributed by atoms with Crippen molar-refractivity contribution in [2.24, 2.45) is 5.92 Å². The number of ketones is 1. The van der Waals surface area contributed by atoms with Crippen molar-refractivity contribution in [3.8, 4) is 11.3 Å². The summed E-state index contributed by atoms with van der Waals surface area (Å²) in [6.07, 6.45) is 9.58. The lowest BCUT2D eigenvalue weighted by molar-refractivity contribution is -0.120. The molecule has 2 aliphatic rings. The molecular formula is C29H38ClN5O2. The minimum atomic E-state index is -0.163. The zero-order valence-electron chi connectivity index (χ0n) is 22.0. The lowest BCUT2D eigenvalue weighted by Crippen LogP contribution is -2.39. The van der Waals surface area contributed by atoms with Crippen LogP contribution < -0.4 is 10.5 Å². The van der Waals surface area contributed by atoms with Gasteiger partial charge in [0.2, 0.25) is 5.78 Å². The maximum atomic E-state index is 13.4. The second-order valence-corrected chi connectivity index (χ2v) is 11.2. The number of Topliss-reactive ketones (excluding diaryl/α,β-unsaturated/α-hetero) is 1. The number of fused-ring (bicyclic) bond motifs is 1. The van der Waals surface area contributed by atoms with Crippen LogP contribution in [0.3, 0.4) is 0 Å².